The van der Waals surface area contributed by atoms with Gasteiger partial charge in [-0.1, -0.05) is 31.2 Å². The zero-order valence-corrected chi connectivity index (χ0v) is 8.74. The quantitative estimate of drug-likeness (QED) is 0.685. The van der Waals surface area contributed by atoms with Crippen molar-refractivity contribution in [2.24, 2.45) is 11.8 Å². The van der Waals surface area contributed by atoms with Crippen molar-refractivity contribution in [3.63, 3.8) is 0 Å². The Hall–Kier alpha value is -0.640. The third-order valence-corrected chi connectivity index (χ3v) is 3.67. The molecule has 0 aromatic rings. The highest BCUT2D eigenvalue weighted by atomic mass is 16.6. The van der Waals surface area contributed by atoms with E-state index in [-0.39, 0.29) is 30.3 Å². The molecule has 2 fully saturated rings. The fraction of sp³-hybridized carbons (Fsp3) is 0.667. The SMILES string of the molecule is C[C@H]1[C@@H]([C@H](O)C2CO2)[C@@H]2C=CC=C[C@H]1O2. The van der Waals surface area contributed by atoms with Crippen LogP contribution in [0.3, 0.4) is 0 Å². The van der Waals surface area contributed by atoms with Crippen LogP contribution in [0.1, 0.15) is 6.92 Å². The first-order chi connectivity index (χ1) is 7.27. The van der Waals surface area contributed by atoms with Gasteiger partial charge in [0.15, 0.2) is 0 Å². The van der Waals surface area contributed by atoms with Crippen molar-refractivity contribution in [3.8, 4) is 0 Å². The van der Waals surface area contributed by atoms with Gasteiger partial charge in [-0.3, -0.25) is 0 Å². The number of epoxide rings is 1. The first-order valence-corrected chi connectivity index (χ1v) is 5.57. The predicted octanol–water partition coefficient (Wildman–Crippen LogP) is 0.892. The molecule has 0 aliphatic carbocycles. The number of aliphatic hydroxyl groups is 1. The van der Waals surface area contributed by atoms with Crippen molar-refractivity contribution in [2.75, 3.05) is 6.61 Å². The van der Waals surface area contributed by atoms with Gasteiger partial charge in [0.05, 0.1) is 24.9 Å². The zero-order chi connectivity index (χ0) is 10.4. The van der Waals surface area contributed by atoms with Crippen LogP contribution in [0.4, 0.5) is 0 Å². The van der Waals surface area contributed by atoms with Crippen molar-refractivity contribution in [1.82, 2.24) is 0 Å². The van der Waals surface area contributed by atoms with Gasteiger partial charge in [-0.25, -0.2) is 0 Å². The minimum Gasteiger partial charge on any atom is -0.390 e. The number of hydrogen-bond donors (Lipinski definition) is 1. The normalized spacial score (nSPS) is 49.1. The lowest BCUT2D eigenvalue weighted by Crippen LogP contribution is -2.35. The highest BCUT2D eigenvalue weighted by Crippen LogP contribution is 2.40. The van der Waals surface area contributed by atoms with E-state index < -0.39 is 0 Å². The van der Waals surface area contributed by atoms with E-state index in [0.29, 0.717) is 12.5 Å². The van der Waals surface area contributed by atoms with Gasteiger partial charge >= 0.3 is 0 Å². The fourth-order valence-corrected chi connectivity index (χ4v) is 2.66. The number of rotatable bonds is 2. The Bertz CT molecular complexity index is 306. The molecule has 3 rings (SSSR count). The van der Waals surface area contributed by atoms with Crippen molar-refractivity contribution in [3.05, 3.63) is 24.3 Å². The summed E-state index contributed by atoms with van der Waals surface area (Å²) >= 11 is 0. The molecule has 1 unspecified atom stereocenters. The second kappa shape index (κ2) is 3.44. The van der Waals surface area contributed by atoms with Crippen LogP contribution in [0.25, 0.3) is 0 Å². The monoisotopic (exact) mass is 208 g/mol. The summed E-state index contributed by atoms with van der Waals surface area (Å²) < 4.78 is 11.0. The van der Waals surface area contributed by atoms with E-state index in [1.165, 1.54) is 0 Å². The molecule has 1 N–H and O–H groups in total. The Balaban J connectivity index is 1.83. The van der Waals surface area contributed by atoms with Gasteiger partial charge in [0.1, 0.15) is 6.10 Å². The van der Waals surface area contributed by atoms with Crippen LogP contribution in [-0.2, 0) is 9.47 Å². The summed E-state index contributed by atoms with van der Waals surface area (Å²) in [4.78, 5) is 0. The molecule has 2 saturated heterocycles. The molecule has 0 saturated carbocycles. The van der Waals surface area contributed by atoms with Crippen LogP contribution in [0.5, 0.6) is 0 Å². The molecule has 3 heteroatoms. The van der Waals surface area contributed by atoms with Crippen LogP contribution in [0.15, 0.2) is 24.3 Å². The molecule has 3 aliphatic rings. The zero-order valence-electron chi connectivity index (χ0n) is 8.74. The van der Waals surface area contributed by atoms with Crippen LogP contribution in [0.2, 0.25) is 0 Å². The van der Waals surface area contributed by atoms with Crippen molar-refractivity contribution in [2.45, 2.75) is 31.3 Å². The fourth-order valence-electron chi connectivity index (χ4n) is 2.66. The van der Waals surface area contributed by atoms with E-state index in [0.717, 1.165) is 0 Å². The lowest BCUT2D eigenvalue weighted by Gasteiger charge is -2.24. The van der Waals surface area contributed by atoms with E-state index in [2.05, 4.69) is 13.0 Å². The van der Waals surface area contributed by atoms with Crippen LogP contribution >= 0.6 is 0 Å². The molecule has 0 radical (unpaired) electrons. The van der Waals surface area contributed by atoms with E-state index >= 15 is 0 Å². The smallest absolute Gasteiger partial charge is 0.107 e. The molecule has 0 aromatic heterocycles. The third-order valence-electron chi connectivity index (χ3n) is 3.67. The Labute approximate surface area is 89.4 Å². The summed E-state index contributed by atoms with van der Waals surface area (Å²) in [6.45, 7) is 2.84. The number of ether oxygens (including phenoxy) is 2. The molecule has 6 atom stereocenters. The minimum absolute atomic E-state index is 0.0408. The lowest BCUT2D eigenvalue weighted by atomic mass is 9.82. The molecule has 3 nitrogen and oxygen atoms in total. The summed E-state index contributed by atoms with van der Waals surface area (Å²) in [6, 6.07) is 0. The molecular formula is C12H16O3. The maximum atomic E-state index is 10.1. The van der Waals surface area contributed by atoms with Gasteiger partial charge in [-0.2, -0.15) is 0 Å². The Morgan fingerprint density at radius 2 is 1.93 bits per heavy atom. The van der Waals surface area contributed by atoms with E-state index in [9.17, 15) is 5.11 Å². The summed E-state index contributed by atoms with van der Waals surface area (Å²) in [5, 5.41) is 10.1. The summed E-state index contributed by atoms with van der Waals surface area (Å²) in [7, 11) is 0. The Kier molecular flexibility index (Phi) is 2.20. The molecule has 3 heterocycles. The molecule has 0 amide bonds. The average Bonchev–Trinajstić information content (AvgIpc) is 3.00. The molecule has 0 spiro atoms. The van der Waals surface area contributed by atoms with Gasteiger partial charge in [0, 0.05) is 5.92 Å². The standard InChI is InChI=1S/C12H16O3/c1-7-8-4-2-3-5-9(15-8)11(7)12(13)10-6-14-10/h2-5,7-13H,6H2,1H3/t7-,8-,9+,10?,11-,12-/m1/s1. The topological polar surface area (TPSA) is 42.0 Å². The molecular weight excluding hydrogens is 192 g/mol. The van der Waals surface area contributed by atoms with Crippen molar-refractivity contribution >= 4 is 0 Å². The van der Waals surface area contributed by atoms with Gasteiger partial charge < -0.3 is 14.6 Å². The summed E-state index contributed by atoms with van der Waals surface area (Å²) in [5.41, 5.74) is 0. The van der Waals surface area contributed by atoms with E-state index in [1.807, 2.05) is 18.2 Å². The van der Waals surface area contributed by atoms with E-state index in [4.69, 9.17) is 9.47 Å². The summed E-state index contributed by atoms with van der Waals surface area (Å²) in [6.07, 6.45) is 7.98. The van der Waals surface area contributed by atoms with Gasteiger partial charge in [0.2, 0.25) is 0 Å². The molecule has 0 aromatic carbocycles. The maximum Gasteiger partial charge on any atom is 0.107 e. The van der Waals surface area contributed by atoms with Crippen LogP contribution in [0, 0.1) is 11.8 Å². The minimum atomic E-state index is -0.383. The largest absolute Gasteiger partial charge is 0.390 e. The summed E-state index contributed by atoms with van der Waals surface area (Å²) in [5.74, 6) is 0.527. The van der Waals surface area contributed by atoms with Gasteiger partial charge in [-0.05, 0) is 5.92 Å². The Morgan fingerprint density at radius 1 is 1.27 bits per heavy atom. The highest BCUT2D eigenvalue weighted by Gasteiger charge is 2.48. The molecule has 82 valence electrons. The van der Waals surface area contributed by atoms with E-state index in [1.54, 1.807) is 0 Å². The van der Waals surface area contributed by atoms with Crippen molar-refractivity contribution < 1.29 is 14.6 Å². The lowest BCUT2D eigenvalue weighted by molar-refractivity contribution is 0.0309. The average molecular weight is 208 g/mol. The van der Waals surface area contributed by atoms with Crippen LogP contribution < -0.4 is 0 Å². The maximum absolute atomic E-state index is 10.1. The van der Waals surface area contributed by atoms with Crippen LogP contribution in [-0.4, -0.2) is 36.1 Å². The first kappa shape index (κ1) is 9.58. The third kappa shape index (κ3) is 1.55. The first-order valence-electron chi connectivity index (χ1n) is 5.57. The van der Waals surface area contributed by atoms with Crippen molar-refractivity contribution in [1.29, 1.82) is 0 Å². The number of allylic oxidation sites excluding steroid dienone is 2. The molecule has 3 aliphatic heterocycles. The number of aliphatic hydroxyl groups excluding tert-OH is 1. The predicted molar refractivity (Wildman–Crippen MR) is 55.3 cm³/mol. The second-order valence-electron chi connectivity index (χ2n) is 4.63. The molecule has 2 bridgehead atoms. The Morgan fingerprint density at radius 3 is 2.60 bits per heavy atom. The number of fused-ring (bicyclic) bond motifs is 2. The van der Waals surface area contributed by atoms with Gasteiger partial charge in [-0.15, -0.1) is 0 Å². The number of hydrogen-bond acceptors (Lipinski definition) is 3. The second-order valence-corrected chi connectivity index (χ2v) is 4.63. The highest BCUT2D eigenvalue weighted by molar-refractivity contribution is 5.18. The molecule has 15 heavy (non-hydrogen) atoms. The van der Waals surface area contributed by atoms with Gasteiger partial charge in [0.25, 0.3) is 0 Å².